The highest BCUT2D eigenvalue weighted by Gasteiger charge is 2.11. The number of fused-ring (bicyclic) bond motifs is 1. The van der Waals surface area contributed by atoms with Crippen LogP contribution in [0.4, 0.5) is 0 Å². The first-order valence-electron chi connectivity index (χ1n) is 5.12. The van der Waals surface area contributed by atoms with Crippen molar-refractivity contribution in [2.75, 3.05) is 0 Å². The van der Waals surface area contributed by atoms with E-state index in [9.17, 15) is 4.79 Å². The average Bonchev–Trinajstić information content (AvgIpc) is 2.87. The van der Waals surface area contributed by atoms with Crippen molar-refractivity contribution in [3.8, 4) is 10.6 Å². The minimum absolute atomic E-state index is 0.100. The van der Waals surface area contributed by atoms with Crippen LogP contribution in [0.1, 0.15) is 0 Å². The van der Waals surface area contributed by atoms with Crippen LogP contribution >= 0.6 is 33.9 Å². The topological polar surface area (TPSA) is 32.9 Å². The Morgan fingerprint density at radius 2 is 1.94 bits per heavy atom. The predicted molar refractivity (Wildman–Crippen MR) is 80.6 cm³/mol. The number of benzene rings is 1. The zero-order valence-corrected chi connectivity index (χ0v) is 11.7. The summed E-state index contributed by atoms with van der Waals surface area (Å²) < 4.78 is 0.753. The van der Waals surface area contributed by atoms with Crippen molar-refractivity contribution in [1.82, 2.24) is 4.98 Å². The van der Waals surface area contributed by atoms with E-state index in [-0.39, 0.29) is 5.43 Å². The van der Waals surface area contributed by atoms with Crippen LogP contribution in [0.25, 0.3) is 21.5 Å². The number of aromatic amines is 1. The number of thiophene rings is 1. The highest BCUT2D eigenvalue weighted by Crippen LogP contribution is 2.27. The maximum atomic E-state index is 12.2. The second-order valence-corrected chi connectivity index (χ2v) is 5.69. The van der Waals surface area contributed by atoms with Crippen molar-refractivity contribution in [3.63, 3.8) is 0 Å². The van der Waals surface area contributed by atoms with Crippen LogP contribution < -0.4 is 5.43 Å². The molecule has 0 aliphatic carbocycles. The SMILES string of the molecule is O=c1c(I)c(-c2cccs2)[nH]c2ccccc12. The number of hydrogen-bond donors (Lipinski definition) is 1. The van der Waals surface area contributed by atoms with E-state index in [1.54, 1.807) is 11.3 Å². The van der Waals surface area contributed by atoms with E-state index in [0.717, 1.165) is 25.0 Å². The molecule has 0 radical (unpaired) electrons. The number of halogens is 1. The van der Waals surface area contributed by atoms with Gasteiger partial charge in [0, 0.05) is 10.9 Å². The molecule has 2 nitrogen and oxygen atoms in total. The smallest absolute Gasteiger partial charge is 0.203 e. The molecule has 0 saturated heterocycles. The van der Waals surface area contributed by atoms with Gasteiger partial charge in [0.25, 0.3) is 0 Å². The van der Waals surface area contributed by atoms with E-state index in [1.165, 1.54) is 0 Å². The van der Waals surface area contributed by atoms with Crippen molar-refractivity contribution < 1.29 is 0 Å². The summed E-state index contributed by atoms with van der Waals surface area (Å²) in [5.74, 6) is 0. The first-order valence-corrected chi connectivity index (χ1v) is 7.07. The molecule has 0 fully saturated rings. The fraction of sp³-hybridized carbons (Fsp3) is 0. The number of pyridine rings is 1. The van der Waals surface area contributed by atoms with Gasteiger partial charge >= 0.3 is 0 Å². The van der Waals surface area contributed by atoms with Crippen LogP contribution in [0.2, 0.25) is 0 Å². The van der Waals surface area contributed by atoms with Crippen molar-refractivity contribution in [1.29, 1.82) is 0 Å². The number of hydrogen-bond acceptors (Lipinski definition) is 2. The molecule has 84 valence electrons. The Morgan fingerprint density at radius 3 is 2.71 bits per heavy atom. The van der Waals surface area contributed by atoms with Gasteiger partial charge in [-0.05, 0) is 46.2 Å². The van der Waals surface area contributed by atoms with Gasteiger partial charge in [0.05, 0.1) is 14.1 Å². The first-order chi connectivity index (χ1) is 8.27. The van der Waals surface area contributed by atoms with E-state index >= 15 is 0 Å². The summed E-state index contributed by atoms with van der Waals surface area (Å²) >= 11 is 3.75. The lowest BCUT2D eigenvalue weighted by molar-refractivity contribution is 1.37. The van der Waals surface area contributed by atoms with E-state index in [2.05, 4.69) is 27.6 Å². The number of H-pyrrole nitrogens is 1. The molecule has 1 N–H and O–H groups in total. The number of rotatable bonds is 1. The molecule has 0 spiro atoms. The molecule has 17 heavy (non-hydrogen) atoms. The van der Waals surface area contributed by atoms with Crippen molar-refractivity contribution >= 4 is 44.8 Å². The largest absolute Gasteiger partial charge is 0.353 e. The first kappa shape index (κ1) is 11.0. The van der Waals surface area contributed by atoms with Crippen LogP contribution in [-0.2, 0) is 0 Å². The third kappa shape index (κ3) is 1.81. The van der Waals surface area contributed by atoms with Crippen LogP contribution in [0, 0.1) is 3.57 Å². The van der Waals surface area contributed by atoms with Crippen LogP contribution in [0.15, 0.2) is 46.6 Å². The van der Waals surface area contributed by atoms with Gasteiger partial charge in [-0.1, -0.05) is 18.2 Å². The second kappa shape index (κ2) is 4.27. The zero-order valence-electron chi connectivity index (χ0n) is 8.74. The van der Waals surface area contributed by atoms with E-state index in [0.29, 0.717) is 0 Å². The van der Waals surface area contributed by atoms with Gasteiger partial charge in [0.1, 0.15) is 0 Å². The second-order valence-electron chi connectivity index (χ2n) is 3.67. The van der Waals surface area contributed by atoms with Crippen molar-refractivity contribution in [2.24, 2.45) is 0 Å². The van der Waals surface area contributed by atoms with E-state index in [4.69, 9.17) is 0 Å². The van der Waals surface area contributed by atoms with Gasteiger partial charge in [0.15, 0.2) is 0 Å². The molecule has 3 rings (SSSR count). The van der Waals surface area contributed by atoms with Crippen molar-refractivity contribution in [2.45, 2.75) is 0 Å². The molecule has 0 amide bonds. The Morgan fingerprint density at radius 1 is 1.12 bits per heavy atom. The maximum Gasteiger partial charge on any atom is 0.203 e. The monoisotopic (exact) mass is 353 g/mol. The predicted octanol–water partition coefficient (Wildman–Crippen LogP) is 3.86. The Bertz CT molecular complexity index is 731. The molecule has 0 unspecified atom stereocenters. The lowest BCUT2D eigenvalue weighted by Crippen LogP contribution is -2.08. The zero-order chi connectivity index (χ0) is 11.8. The van der Waals surface area contributed by atoms with Gasteiger partial charge < -0.3 is 4.98 Å². The molecule has 0 aliphatic rings. The highest BCUT2D eigenvalue weighted by atomic mass is 127. The van der Waals surface area contributed by atoms with Gasteiger partial charge in [0.2, 0.25) is 5.43 Å². The van der Waals surface area contributed by atoms with Gasteiger partial charge in [-0.15, -0.1) is 11.3 Å². The fourth-order valence-corrected chi connectivity index (χ4v) is 3.43. The summed E-state index contributed by atoms with van der Waals surface area (Å²) in [6.45, 7) is 0. The Balaban J connectivity index is 2.42. The minimum Gasteiger partial charge on any atom is -0.353 e. The molecule has 2 heterocycles. The molecule has 0 atom stereocenters. The summed E-state index contributed by atoms with van der Waals surface area (Å²) in [7, 11) is 0. The Kier molecular flexibility index (Phi) is 2.76. The molecule has 0 saturated carbocycles. The highest BCUT2D eigenvalue weighted by molar-refractivity contribution is 14.1. The van der Waals surface area contributed by atoms with E-state index in [1.807, 2.05) is 41.8 Å². The van der Waals surface area contributed by atoms with Crippen LogP contribution in [0.3, 0.4) is 0 Å². The summed E-state index contributed by atoms with van der Waals surface area (Å²) in [4.78, 5) is 16.7. The Hall–Kier alpha value is -1.14. The summed E-state index contributed by atoms with van der Waals surface area (Å²) in [6, 6.07) is 11.6. The van der Waals surface area contributed by atoms with Gasteiger partial charge in [-0.25, -0.2) is 0 Å². The third-order valence-corrected chi connectivity index (χ3v) is 4.53. The summed E-state index contributed by atoms with van der Waals surface area (Å²) in [5, 5.41) is 2.76. The molecule has 1 aromatic carbocycles. The molecular weight excluding hydrogens is 345 g/mol. The molecule has 0 aliphatic heterocycles. The number of aromatic nitrogens is 1. The average molecular weight is 353 g/mol. The normalized spacial score (nSPS) is 10.9. The molecular formula is C13H8INOS. The molecule has 3 aromatic rings. The lowest BCUT2D eigenvalue weighted by Gasteiger charge is -2.05. The van der Waals surface area contributed by atoms with Gasteiger partial charge in [-0.3, -0.25) is 4.79 Å². The molecule has 2 aromatic heterocycles. The van der Waals surface area contributed by atoms with Crippen molar-refractivity contribution in [3.05, 3.63) is 55.6 Å². The summed E-state index contributed by atoms with van der Waals surface area (Å²) in [6.07, 6.45) is 0. The maximum absolute atomic E-state index is 12.2. The number of para-hydroxylation sites is 1. The third-order valence-electron chi connectivity index (χ3n) is 2.62. The van der Waals surface area contributed by atoms with Gasteiger partial charge in [-0.2, -0.15) is 0 Å². The minimum atomic E-state index is 0.100. The molecule has 4 heteroatoms. The lowest BCUT2D eigenvalue weighted by atomic mass is 10.2. The number of nitrogens with one attached hydrogen (secondary N) is 1. The molecule has 0 bridgehead atoms. The van der Waals surface area contributed by atoms with Crippen LogP contribution in [0.5, 0.6) is 0 Å². The Labute approximate surface area is 115 Å². The quantitative estimate of drug-likeness (QED) is 0.662. The van der Waals surface area contributed by atoms with Crippen LogP contribution in [-0.4, -0.2) is 4.98 Å². The fourth-order valence-electron chi connectivity index (χ4n) is 1.80. The summed E-state index contributed by atoms with van der Waals surface area (Å²) in [5.41, 5.74) is 1.91. The standard InChI is InChI=1S/C13H8INOS/c14-11-12(10-6-3-7-17-10)15-9-5-2-1-4-8(9)13(11)16/h1-7H,(H,15,16). The van der Waals surface area contributed by atoms with E-state index < -0.39 is 0 Å².